The van der Waals surface area contributed by atoms with Gasteiger partial charge in [-0.2, -0.15) is 4.31 Å². The average Bonchev–Trinajstić information content (AvgIpc) is 2.82. The largest absolute Gasteiger partial charge is 0.507 e. The molecule has 1 N–H and O–H groups in total. The van der Waals surface area contributed by atoms with Crippen LogP contribution in [0.2, 0.25) is 0 Å². The van der Waals surface area contributed by atoms with Crippen molar-refractivity contribution in [3.05, 3.63) is 48.4 Å². The minimum Gasteiger partial charge on any atom is -0.507 e. The van der Waals surface area contributed by atoms with E-state index in [4.69, 9.17) is 4.42 Å². The summed E-state index contributed by atoms with van der Waals surface area (Å²) in [5.41, 5.74) is 0.747. The maximum absolute atomic E-state index is 12.2. The van der Waals surface area contributed by atoms with Crippen molar-refractivity contribution in [1.82, 2.24) is 4.31 Å². The molecule has 0 bridgehead atoms. The van der Waals surface area contributed by atoms with Gasteiger partial charge >= 0.3 is 0 Å². The predicted octanol–water partition coefficient (Wildman–Crippen LogP) is 1.81. The molecule has 0 aliphatic carbocycles. The van der Waals surface area contributed by atoms with E-state index in [1.165, 1.54) is 31.7 Å². The molecule has 1 aromatic heterocycles. The SMILES string of the molecule is CN(Cc1ccoc1)S(=O)(=O)c1ccccc1O. The smallest absolute Gasteiger partial charge is 0.246 e. The first-order chi connectivity index (χ1) is 8.51. The Balaban J connectivity index is 2.29. The van der Waals surface area contributed by atoms with Gasteiger partial charge in [0, 0.05) is 19.2 Å². The van der Waals surface area contributed by atoms with Crippen LogP contribution in [0.3, 0.4) is 0 Å². The van der Waals surface area contributed by atoms with Crippen LogP contribution >= 0.6 is 0 Å². The molecular weight excluding hydrogens is 254 g/mol. The van der Waals surface area contributed by atoms with Gasteiger partial charge in [-0.15, -0.1) is 0 Å². The van der Waals surface area contributed by atoms with E-state index in [1.807, 2.05) is 0 Å². The molecule has 0 saturated carbocycles. The van der Waals surface area contributed by atoms with Crippen LogP contribution in [-0.4, -0.2) is 24.9 Å². The van der Waals surface area contributed by atoms with Gasteiger partial charge in [-0.1, -0.05) is 12.1 Å². The number of aromatic hydroxyl groups is 1. The highest BCUT2D eigenvalue weighted by Gasteiger charge is 2.23. The summed E-state index contributed by atoms with van der Waals surface area (Å²) in [5, 5.41) is 9.60. The van der Waals surface area contributed by atoms with Crippen LogP contribution in [0.5, 0.6) is 5.75 Å². The minimum atomic E-state index is -3.70. The molecule has 0 atom stereocenters. The molecule has 5 nitrogen and oxygen atoms in total. The van der Waals surface area contributed by atoms with E-state index < -0.39 is 10.0 Å². The zero-order chi connectivity index (χ0) is 13.2. The van der Waals surface area contributed by atoms with E-state index in [9.17, 15) is 13.5 Å². The lowest BCUT2D eigenvalue weighted by Gasteiger charge is -2.16. The summed E-state index contributed by atoms with van der Waals surface area (Å²) in [4.78, 5) is -0.101. The van der Waals surface area contributed by atoms with Crippen molar-refractivity contribution in [3.8, 4) is 5.75 Å². The molecule has 1 heterocycles. The zero-order valence-corrected chi connectivity index (χ0v) is 10.6. The monoisotopic (exact) mass is 267 g/mol. The van der Waals surface area contributed by atoms with Gasteiger partial charge in [0.1, 0.15) is 10.6 Å². The number of phenolic OH excluding ortho intramolecular Hbond substituents is 1. The van der Waals surface area contributed by atoms with Crippen molar-refractivity contribution in [1.29, 1.82) is 0 Å². The van der Waals surface area contributed by atoms with E-state index in [2.05, 4.69) is 0 Å². The maximum Gasteiger partial charge on any atom is 0.246 e. The van der Waals surface area contributed by atoms with Crippen molar-refractivity contribution >= 4 is 10.0 Å². The number of hydrogen-bond donors (Lipinski definition) is 1. The standard InChI is InChI=1S/C12H13NO4S/c1-13(8-10-6-7-17-9-10)18(15,16)12-5-3-2-4-11(12)14/h2-7,9,14H,8H2,1H3. The second kappa shape index (κ2) is 4.83. The molecule has 0 unspecified atom stereocenters. The van der Waals surface area contributed by atoms with Gasteiger partial charge in [0.2, 0.25) is 10.0 Å². The number of benzene rings is 1. The Morgan fingerprint density at radius 3 is 2.61 bits per heavy atom. The summed E-state index contributed by atoms with van der Waals surface area (Å²) >= 11 is 0. The quantitative estimate of drug-likeness (QED) is 0.917. The molecule has 0 radical (unpaired) electrons. The first-order valence-corrected chi connectivity index (χ1v) is 6.71. The third kappa shape index (κ3) is 2.39. The van der Waals surface area contributed by atoms with Crippen molar-refractivity contribution in [2.75, 3.05) is 7.05 Å². The van der Waals surface area contributed by atoms with Crippen molar-refractivity contribution in [2.24, 2.45) is 0 Å². The molecule has 18 heavy (non-hydrogen) atoms. The molecule has 0 saturated heterocycles. The fraction of sp³-hybridized carbons (Fsp3) is 0.167. The van der Waals surface area contributed by atoms with Crippen molar-refractivity contribution in [2.45, 2.75) is 11.4 Å². The Hall–Kier alpha value is -1.79. The van der Waals surface area contributed by atoms with E-state index in [1.54, 1.807) is 18.2 Å². The lowest BCUT2D eigenvalue weighted by atomic mass is 10.3. The topological polar surface area (TPSA) is 70.8 Å². The predicted molar refractivity (Wildman–Crippen MR) is 65.5 cm³/mol. The van der Waals surface area contributed by atoms with E-state index >= 15 is 0 Å². The van der Waals surface area contributed by atoms with Crippen LogP contribution in [0.4, 0.5) is 0 Å². The van der Waals surface area contributed by atoms with Crippen molar-refractivity contribution in [3.63, 3.8) is 0 Å². The molecule has 1 aromatic carbocycles. The summed E-state index contributed by atoms with van der Waals surface area (Å²) in [6.45, 7) is 0.188. The number of nitrogens with zero attached hydrogens (tertiary/aromatic N) is 1. The van der Waals surface area contributed by atoms with Gasteiger partial charge in [0.25, 0.3) is 0 Å². The number of furan rings is 1. The average molecular weight is 267 g/mol. The number of phenols is 1. The second-order valence-corrected chi connectivity index (χ2v) is 5.87. The lowest BCUT2D eigenvalue weighted by molar-refractivity contribution is 0.438. The van der Waals surface area contributed by atoms with Crippen LogP contribution in [0.15, 0.2) is 52.2 Å². The normalized spacial score (nSPS) is 11.9. The molecule has 0 aliphatic rings. The molecule has 96 valence electrons. The van der Waals surface area contributed by atoms with E-state index in [0.717, 1.165) is 9.87 Å². The Morgan fingerprint density at radius 1 is 1.28 bits per heavy atom. The highest BCUT2D eigenvalue weighted by Crippen LogP contribution is 2.25. The first kappa shape index (κ1) is 12.7. The summed E-state index contributed by atoms with van der Waals surface area (Å²) in [5.74, 6) is -0.253. The fourth-order valence-corrected chi connectivity index (χ4v) is 2.81. The van der Waals surface area contributed by atoms with Crippen LogP contribution in [0.25, 0.3) is 0 Å². The third-order valence-electron chi connectivity index (χ3n) is 2.54. The van der Waals surface area contributed by atoms with E-state index in [0.29, 0.717) is 0 Å². The molecule has 0 fully saturated rings. The number of hydrogen-bond acceptors (Lipinski definition) is 4. The Bertz CT molecular complexity index is 619. The van der Waals surface area contributed by atoms with Gasteiger partial charge in [-0.25, -0.2) is 8.42 Å². The molecule has 2 aromatic rings. The fourth-order valence-electron chi connectivity index (χ4n) is 1.57. The van der Waals surface area contributed by atoms with Gasteiger partial charge in [0.05, 0.1) is 12.5 Å². The van der Waals surface area contributed by atoms with Crippen LogP contribution in [0.1, 0.15) is 5.56 Å². The van der Waals surface area contributed by atoms with E-state index in [-0.39, 0.29) is 17.2 Å². The van der Waals surface area contributed by atoms with Crippen LogP contribution in [0, 0.1) is 0 Å². The number of rotatable bonds is 4. The number of sulfonamides is 1. The van der Waals surface area contributed by atoms with Gasteiger partial charge in [0.15, 0.2) is 0 Å². The lowest BCUT2D eigenvalue weighted by Crippen LogP contribution is -2.26. The third-order valence-corrected chi connectivity index (χ3v) is 4.39. The van der Waals surface area contributed by atoms with Crippen molar-refractivity contribution < 1.29 is 17.9 Å². The molecule has 6 heteroatoms. The first-order valence-electron chi connectivity index (χ1n) is 5.27. The molecular formula is C12H13NO4S. The molecule has 0 aliphatic heterocycles. The highest BCUT2D eigenvalue weighted by molar-refractivity contribution is 7.89. The Morgan fingerprint density at radius 2 is 2.00 bits per heavy atom. The second-order valence-electron chi connectivity index (χ2n) is 3.86. The Kier molecular flexibility index (Phi) is 3.40. The van der Waals surface area contributed by atoms with Crippen LogP contribution < -0.4 is 0 Å². The summed E-state index contributed by atoms with van der Waals surface area (Å²) < 4.78 is 30.5. The molecule has 2 rings (SSSR count). The highest BCUT2D eigenvalue weighted by atomic mass is 32.2. The number of para-hydroxylation sites is 1. The molecule has 0 spiro atoms. The van der Waals surface area contributed by atoms with Gasteiger partial charge in [-0.3, -0.25) is 0 Å². The van der Waals surface area contributed by atoms with Crippen LogP contribution in [-0.2, 0) is 16.6 Å². The Labute approximate surface area is 105 Å². The van der Waals surface area contributed by atoms with Gasteiger partial charge in [-0.05, 0) is 18.2 Å². The van der Waals surface area contributed by atoms with Gasteiger partial charge < -0.3 is 9.52 Å². The molecule has 0 amide bonds. The zero-order valence-electron chi connectivity index (χ0n) is 9.78. The minimum absolute atomic E-state index is 0.101. The summed E-state index contributed by atoms with van der Waals surface area (Å²) in [6.07, 6.45) is 2.96. The maximum atomic E-state index is 12.2. The summed E-state index contributed by atoms with van der Waals surface area (Å²) in [7, 11) is -2.25. The summed E-state index contributed by atoms with van der Waals surface area (Å²) in [6, 6.07) is 7.55.